The van der Waals surface area contributed by atoms with Gasteiger partial charge in [0.25, 0.3) is 0 Å². The van der Waals surface area contributed by atoms with Gasteiger partial charge < -0.3 is 15.0 Å². The van der Waals surface area contributed by atoms with Crippen LogP contribution in [0.3, 0.4) is 0 Å². The third-order valence-electron chi connectivity index (χ3n) is 4.30. The molecule has 19 heavy (non-hydrogen) atoms. The maximum Gasteiger partial charge on any atom is 0.235 e. The van der Waals surface area contributed by atoms with Crippen LogP contribution in [0, 0.1) is 5.41 Å². The lowest BCUT2D eigenvalue weighted by molar-refractivity contribution is -0.136. The standard InChI is InChI=1S/C15H18N2O2/c1-17(14(19)15(10-18)7-4-8-15)13-9-16-12-6-3-2-5-11(12)13/h2-3,5-6,9,16,18H,4,7-8,10H2,1H3. The Morgan fingerprint density at radius 1 is 1.42 bits per heavy atom. The summed E-state index contributed by atoms with van der Waals surface area (Å²) in [5.74, 6) is 0.0194. The first-order valence-corrected chi connectivity index (χ1v) is 6.63. The number of amides is 1. The first-order valence-electron chi connectivity index (χ1n) is 6.63. The summed E-state index contributed by atoms with van der Waals surface area (Å²) in [6.07, 6.45) is 4.45. The van der Waals surface area contributed by atoms with Gasteiger partial charge in [0.2, 0.25) is 5.91 Å². The van der Waals surface area contributed by atoms with Crippen LogP contribution in [-0.4, -0.2) is 29.7 Å². The fourth-order valence-corrected chi connectivity index (χ4v) is 2.84. The van der Waals surface area contributed by atoms with Gasteiger partial charge in [-0.15, -0.1) is 0 Å². The van der Waals surface area contributed by atoms with Crippen LogP contribution in [-0.2, 0) is 4.79 Å². The van der Waals surface area contributed by atoms with E-state index in [4.69, 9.17) is 0 Å². The van der Waals surface area contributed by atoms with Gasteiger partial charge in [-0.25, -0.2) is 0 Å². The van der Waals surface area contributed by atoms with E-state index in [9.17, 15) is 9.90 Å². The molecule has 0 aliphatic heterocycles. The Bertz CT molecular complexity index is 608. The second-order valence-electron chi connectivity index (χ2n) is 5.38. The Kier molecular flexibility index (Phi) is 2.82. The summed E-state index contributed by atoms with van der Waals surface area (Å²) in [4.78, 5) is 17.4. The van der Waals surface area contributed by atoms with Gasteiger partial charge in [0.05, 0.1) is 17.7 Å². The maximum absolute atomic E-state index is 12.6. The van der Waals surface area contributed by atoms with E-state index in [2.05, 4.69) is 4.98 Å². The van der Waals surface area contributed by atoms with E-state index in [-0.39, 0.29) is 12.5 Å². The molecule has 0 unspecified atom stereocenters. The van der Waals surface area contributed by atoms with Crippen LogP contribution in [0.4, 0.5) is 5.69 Å². The molecule has 1 saturated carbocycles. The normalized spacial score (nSPS) is 17.2. The fraction of sp³-hybridized carbons (Fsp3) is 0.400. The van der Waals surface area contributed by atoms with Gasteiger partial charge in [0, 0.05) is 24.1 Å². The Morgan fingerprint density at radius 2 is 2.16 bits per heavy atom. The van der Waals surface area contributed by atoms with Crippen molar-refractivity contribution in [2.24, 2.45) is 5.41 Å². The number of nitrogens with zero attached hydrogens (tertiary/aromatic N) is 1. The molecule has 4 heteroatoms. The zero-order valence-corrected chi connectivity index (χ0v) is 11.0. The average molecular weight is 258 g/mol. The van der Waals surface area contributed by atoms with Crippen molar-refractivity contribution in [3.8, 4) is 0 Å². The minimum atomic E-state index is -0.548. The first kappa shape index (κ1) is 12.2. The molecule has 0 saturated heterocycles. The van der Waals surface area contributed by atoms with Crippen LogP contribution in [0.15, 0.2) is 30.5 Å². The van der Waals surface area contributed by atoms with Crippen LogP contribution in [0.2, 0.25) is 0 Å². The monoisotopic (exact) mass is 258 g/mol. The van der Waals surface area contributed by atoms with Gasteiger partial charge >= 0.3 is 0 Å². The van der Waals surface area contributed by atoms with Crippen molar-refractivity contribution >= 4 is 22.5 Å². The molecular weight excluding hydrogens is 240 g/mol. The van der Waals surface area contributed by atoms with Gasteiger partial charge in [-0.3, -0.25) is 4.79 Å². The number of carbonyl (C=O) groups excluding carboxylic acids is 1. The highest BCUT2D eigenvalue weighted by Gasteiger charge is 2.45. The summed E-state index contributed by atoms with van der Waals surface area (Å²) < 4.78 is 0. The Balaban J connectivity index is 1.95. The fourth-order valence-electron chi connectivity index (χ4n) is 2.84. The number of aliphatic hydroxyl groups excluding tert-OH is 1. The van der Waals surface area contributed by atoms with Gasteiger partial charge in [-0.1, -0.05) is 24.6 Å². The van der Waals surface area contributed by atoms with E-state index >= 15 is 0 Å². The second-order valence-corrected chi connectivity index (χ2v) is 5.38. The molecule has 100 valence electrons. The van der Waals surface area contributed by atoms with E-state index in [1.165, 1.54) is 0 Å². The molecule has 1 amide bonds. The molecule has 1 aliphatic carbocycles. The minimum Gasteiger partial charge on any atom is -0.395 e. The van der Waals surface area contributed by atoms with Crippen LogP contribution >= 0.6 is 0 Å². The van der Waals surface area contributed by atoms with Crippen molar-refractivity contribution in [2.45, 2.75) is 19.3 Å². The minimum absolute atomic E-state index is 0.0194. The van der Waals surface area contributed by atoms with E-state index in [1.54, 1.807) is 11.9 Å². The average Bonchev–Trinajstić information content (AvgIpc) is 2.81. The topological polar surface area (TPSA) is 56.3 Å². The predicted octanol–water partition coefficient (Wildman–Crippen LogP) is 2.29. The number of fused-ring (bicyclic) bond motifs is 1. The van der Waals surface area contributed by atoms with Crippen molar-refractivity contribution in [1.82, 2.24) is 4.98 Å². The molecule has 1 aromatic heterocycles. The lowest BCUT2D eigenvalue weighted by Gasteiger charge is -2.41. The van der Waals surface area contributed by atoms with Crippen molar-refractivity contribution < 1.29 is 9.90 Å². The molecule has 0 bridgehead atoms. The Morgan fingerprint density at radius 3 is 2.79 bits per heavy atom. The summed E-state index contributed by atoms with van der Waals surface area (Å²) >= 11 is 0. The molecule has 0 spiro atoms. The molecule has 1 aromatic carbocycles. The zero-order valence-electron chi connectivity index (χ0n) is 11.0. The number of hydrogen-bond donors (Lipinski definition) is 2. The molecule has 4 nitrogen and oxygen atoms in total. The lowest BCUT2D eigenvalue weighted by Crippen LogP contribution is -2.49. The van der Waals surface area contributed by atoms with E-state index in [1.807, 2.05) is 30.5 Å². The third kappa shape index (κ3) is 1.75. The summed E-state index contributed by atoms with van der Waals surface area (Å²) in [5.41, 5.74) is 1.34. The first-order chi connectivity index (χ1) is 9.18. The largest absolute Gasteiger partial charge is 0.395 e. The number of H-pyrrole nitrogens is 1. The highest BCUT2D eigenvalue weighted by atomic mass is 16.3. The van der Waals surface area contributed by atoms with E-state index in [0.717, 1.165) is 35.9 Å². The van der Waals surface area contributed by atoms with Crippen molar-refractivity contribution in [2.75, 3.05) is 18.6 Å². The van der Waals surface area contributed by atoms with Crippen LogP contribution < -0.4 is 4.90 Å². The summed E-state index contributed by atoms with van der Waals surface area (Å²) in [6.45, 7) is -0.0570. The molecule has 1 fully saturated rings. The number of rotatable bonds is 3. The number of aromatic nitrogens is 1. The zero-order chi connectivity index (χ0) is 13.5. The number of para-hydroxylation sites is 1. The van der Waals surface area contributed by atoms with Crippen LogP contribution in [0.25, 0.3) is 10.9 Å². The van der Waals surface area contributed by atoms with Crippen molar-refractivity contribution in [3.05, 3.63) is 30.5 Å². The molecule has 0 atom stereocenters. The summed E-state index contributed by atoms with van der Waals surface area (Å²) in [6, 6.07) is 7.91. The highest BCUT2D eigenvalue weighted by Crippen LogP contribution is 2.43. The van der Waals surface area contributed by atoms with Crippen molar-refractivity contribution in [3.63, 3.8) is 0 Å². The molecule has 1 heterocycles. The van der Waals surface area contributed by atoms with Gasteiger partial charge in [-0.2, -0.15) is 0 Å². The van der Waals surface area contributed by atoms with Crippen LogP contribution in [0.1, 0.15) is 19.3 Å². The van der Waals surface area contributed by atoms with Gasteiger partial charge in [0.15, 0.2) is 0 Å². The maximum atomic E-state index is 12.6. The van der Waals surface area contributed by atoms with Crippen LogP contribution in [0.5, 0.6) is 0 Å². The number of nitrogens with one attached hydrogen (secondary N) is 1. The predicted molar refractivity (Wildman–Crippen MR) is 75.1 cm³/mol. The Labute approximate surface area is 112 Å². The quantitative estimate of drug-likeness (QED) is 0.887. The van der Waals surface area contributed by atoms with Gasteiger partial charge in [0.1, 0.15) is 0 Å². The Hall–Kier alpha value is -1.81. The SMILES string of the molecule is CN(C(=O)C1(CO)CCC1)c1c[nH]c2ccccc12. The smallest absolute Gasteiger partial charge is 0.235 e. The third-order valence-corrected chi connectivity index (χ3v) is 4.30. The molecule has 2 aromatic rings. The van der Waals surface area contributed by atoms with E-state index in [0.29, 0.717) is 0 Å². The van der Waals surface area contributed by atoms with E-state index < -0.39 is 5.41 Å². The summed E-state index contributed by atoms with van der Waals surface area (Å²) in [7, 11) is 1.79. The number of carbonyl (C=O) groups is 1. The number of aromatic amines is 1. The highest BCUT2D eigenvalue weighted by molar-refractivity contribution is 6.05. The van der Waals surface area contributed by atoms with Crippen molar-refractivity contribution in [1.29, 1.82) is 0 Å². The number of benzene rings is 1. The number of anilines is 1. The molecule has 2 N–H and O–H groups in total. The molecule has 3 rings (SSSR count). The number of hydrogen-bond acceptors (Lipinski definition) is 2. The van der Waals surface area contributed by atoms with Gasteiger partial charge in [-0.05, 0) is 18.9 Å². The second kappa shape index (κ2) is 4.38. The summed E-state index contributed by atoms with van der Waals surface area (Å²) in [5, 5.41) is 10.5. The molecular formula is C15H18N2O2. The number of aliphatic hydroxyl groups is 1. The lowest BCUT2D eigenvalue weighted by atomic mass is 9.68. The molecule has 0 radical (unpaired) electrons. The molecule has 1 aliphatic rings.